The highest BCUT2D eigenvalue weighted by Crippen LogP contribution is 2.25. The second-order valence-corrected chi connectivity index (χ2v) is 4.20. The lowest BCUT2D eigenvalue weighted by Gasteiger charge is -2.11. The summed E-state index contributed by atoms with van der Waals surface area (Å²) in [4.78, 5) is 4.39. The Balaban J connectivity index is 2.95. The van der Waals surface area contributed by atoms with Crippen molar-refractivity contribution in [1.29, 1.82) is 0 Å². The van der Waals surface area contributed by atoms with Crippen LogP contribution in [0.1, 0.15) is 39.3 Å². The number of aryl methyl sites for hydroxylation is 1. The number of hydrogen-bond acceptors (Lipinski definition) is 3. The number of nitrogens with one attached hydrogen (secondary N) is 1. The molecule has 1 aromatic heterocycles. The summed E-state index contributed by atoms with van der Waals surface area (Å²) in [5, 5.41) is 3.16. The van der Waals surface area contributed by atoms with Gasteiger partial charge in [-0.3, -0.25) is 0 Å². The van der Waals surface area contributed by atoms with Crippen molar-refractivity contribution < 1.29 is 4.42 Å². The third-order valence-electron chi connectivity index (χ3n) is 1.78. The van der Waals surface area contributed by atoms with Gasteiger partial charge in [0.25, 0.3) is 0 Å². The van der Waals surface area contributed by atoms with E-state index < -0.39 is 0 Å². The van der Waals surface area contributed by atoms with E-state index in [9.17, 15) is 0 Å². The molecule has 3 heteroatoms. The molecule has 0 spiro atoms. The van der Waals surface area contributed by atoms with Crippen molar-refractivity contribution in [3.63, 3.8) is 0 Å². The van der Waals surface area contributed by atoms with Gasteiger partial charge in [0.15, 0.2) is 5.82 Å². The van der Waals surface area contributed by atoms with E-state index in [0.717, 1.165) is 24.0 Å². The lowest BCUT2D eigenvalue weighted by molar-refractivity contribution is 0.380. The van der Waals surface area contributed by atoms with Crippen molar-refractivity contribution >= 4 is 5.82 Å². The van der Waals surface area contributed by atoms with E-state index in [1.807, 2.05) is 13.8 Å². The van der Waals surface area contributed by atoms with Crippen LogP contribution in [0.4, 0.5) is 5.82 Å². The first-order valence-electron chi connectivity index (χ1n) is 4.67. The van der Waals surface area contributed by atoms with Gasteiger partial charge in [-0.25, -0.2) is 0 Å². The van der Waals surface area contributed by atoms with Gasteiger partial charge in [-0.2, -0.15) is 4.98 Å². The summed E-state index contributed by atoms with van der Waals surface area (Å²) >= 11 is 0. The third kappa shape index (κ3) is 2.23. The van der Waals surface area contributed by atoms with E-state index in [1.54, 1.807) is 0 Å². The van der Waals surface area contributed by atoms with Gasteiger partial charge in [0, 0.05) is 12.0 Å². The van der Waals surface area contributed by atoms with Gasteiger partial charge in [-0.05, 0) is 13.8 Å². The molecule has 0 saturated carbocycles. The Kier molecular flexibility index (Phi) is 2.64. The molecule has 74 valence electrons. The van der Waals surface area contributed by atoms with Crippen molar-refractivity contribution in [2.45, 2.75) is 40.0 Å². The first kappa shape index (κ1) is 10.1. The molecule has 0 unspecified atom stereocenters. The van der Waals surface area contributed by atoms with E-state index in [0.29, 0.717) is 0 Å². The fraction of sp³-hybridized carbons (Fsp3) is 0.700. The van der Waals surface area contributed by atoms with Crippen LogP contribution < -0.4 is 5.32 Å². The van der Waals surface area contributed by atoms with E-state index >= 15 is 0 Å². The quantitative estimate of drug-likeness (QED) is 0.764. The third-order valence-corrected chi connectivity index (χ3v) is 1.78. The fourth-order valence-corrected chi connectivity index (χ4v) is 1.05. The minimum Gasteiger partial charge on any atom is -0.443 e. The van der Waals surface area contributed by atoms with Gasteiger partial charge in [0.2, 0.25) is 5.89 Å². The number of aromatic nitrogens is 1. The topological polar surface area (TPSA) is 38.1 Å². The van der Waals surface area contributed by atoms with Crippen molar-refractivity contribution in [2.75, 3.05) is 11.9 Å². The lowest BCUT2D eigenvalue weighted by Crippen LogP contribution is -2.11. The average Bonchev–Trinajstić information content (AvgIpc) is 2.32. The smallest absolute Gasteiger partial charge is 0.201 e. The Hall–Kier alpha value is -0.990. The molecule has 0 aliphatic carbocycles. The summed E-state index contributed by atoms with van der Waals surface area (Å²) < 4.78 is 5.56. The zero-order valence-electron chi connectivity index (χ0n) is 9.06. The normalized spacial score (nSPS) is 11.8. The molecule has 0 aliphatic rings. The molecule has 0 aromatic carbocycles. The number of hydrogen-bond donors (Lipinski definition) is 1. The minimum atomic E-state index is -0.0154. The number of nitrogens with zero attached hydrogens (tertiary/aromatic N) is 1. The molecule has 1 aromatic rings. The zero-order valence-corrected chi connectivity index (χ0v) is 9.06. The maximum atomic E-state index is 5.56. The van der Waals surface area contributed by atoms with E-state index in [1.165, 1.54) is 0 Å². The molecule has 0 amide bonds. The Morgan fingerprint density at radius 2 is 2.00 bits per heavy atom. The average molecular weight is 182 g/mol. The van der Waals surface area contributed by atoms with Crippen LogP contribution in [0.25, 0.3) is 0 Å². The van der Waals surface area contributed by atoms with Gasteiger partial charge in [0.1, 0.15) is 5.76 Å². The zero-order chi connectivity index (χ0) is 10.1. The molecule has 0 saturated heterocycles. The molecule has 13 heavy (non-hydrogen) atoms. The molecule has 3 nitrogen and oxygen atoms in total. The monoisotopic (exact) mass is 182 g/mol. The summed E-state index contributed by atoms with van der Waals surface area (Å²) in [6.07, 6.45) is 0. The maximum absolute atomic E-state index is 5.56. The molecule has 0 bridgehead atoms. The SMILES string of the molecule is CCNc1nc(C(C)(C)C)oc1C. The summed E-state index contributed by atoms with van der Waals surface area (Å²) in [5.74, 6) is 2.53. The highest BCUT2D eigenvalue weighted by atomic mass is 16.4. The van der Waals surface area contributed by atoms with Crippen LogP contribution in [0.2, 0.25) is 0 Å². The minimum absolute atomic E-state index is 0.0154. The van der Waals surface area contributed by atoms with E-state index in [-0.39, 0.29) is 5.41 Å². The number of rotatable bonds is 2. The van der Waals surface area contributed by atoms with Crippen LogP contribution in [0.3, 0.4) is 0 Å². The lowest BCUT2D eigenvalue weighted by atomic mass is 9.97. The van der Waals surface area contributed by atoms with Crippen LogP contribution >= 0.6 is 0 Å². The largest absolute Gasteiger partial charge is 0.443 e. The van der Waals surface area contributed by atoms with Crippen molar-refractivity contribution in [1.82, 2.24) is 4.98 Å². The Morgan fingerprint density at radius 1 is 1.38 bits per heavy atom. The van der Waals surface area contributed by atoms with Crippen LogP contribution in [0.15, 0.2) is 4.42 Å². The Labute approximate surface area is 79.5 Å². The van der Waals surface area contributed by atoms with Gasteiger partial charge >= 0.3 is 0 Å². The van der Waals surface area contributed by atoms with Crippen molar-refractivity contribution in [3.8, 4) is 0 Å². The highest BCUT2D eigenvalue weighted by molar-refractivity contribution is 5.38. The molecular weight excluding hydrogens is 164 g/mol. The fourth-order valence-electron chi connectivity index (χ4n) is 1.05. The van der Waals surface area contributed by atoms with Crippen LogP contribution in [0.5, 0.6) is 0 Å². The maximum Gasteiger partial charge on any atom is 0.201 e. The Morgan fingerprint density at radius 3 is 2.38 bits per heavy atom. The second-order valence-electron chi connectivity index (χ2n) is 4.20. The molecule has 1 rings (SSSR count). The van der Waals surface area contributed by atoms with Gasteiger partial charge < -0.3 is 9.73 Å². The van der Waals surface area contributed by atoms with Crippen LogP contribution in [0, 0.1) is 6.92 Å². The molecule has 0 radical (unpaired) electrons. The van der Waals surface area contributed by atoms with Gasteiger partial charge in [-0.1, -0.05) is 20.8 Å². The standard InChI is InChI=1S/C10H18N2O/c1-6-11-8-7(2)13-9(12-8)10(3,4)5/h11H,6H2,1-5H3. The molecule has 0 aliphatic heterocycles. The first-order valence-corrected chi connectivity index (χ1v) is 4.67. The van der Waals surface area contributed by atoms with E-state index in [4.69, 9.17) is 4.42 Å². The highest BCUT2D eigenvalue weighted by Gasteiger charge is 2.21. The molecular formula is C10H18N2O. The van der Waals surface area contributed by atoms with Crippen LogP contribution in [-0.2, 0) is 5.41 Å². The Bertz CT molecular complexity index is 284. The number of oxazole rings is 1. The summed E-state index contributed by atoms with van der Waals surface area (Å²) in [6.45, 7) is 11.1. The summed E-state index contributed by atoms with van der Waals surface area (Å²) in [7, 11) is 0. The van der Waals surface area contributed by atoms with Gasteiger partial charge in [-0.15, -0.1) is 0 Å². The molecule has 0 atom stereocenters. The predicted molar refractivity (Wildman–Crippen MR) is 54.1 cm³/mol. The van der Waals surface area contributed by atoms with Crippen molar-refractivity contribution in [3.05, 3.63) is 11.7 Å². The van der Waals surface area contributed by atoms with Crippen molar-refractivity contribution in [2.24, 2.45) is 0 Å². The number of anilines is 1. The predicted octanol–water partition coefficient (Wildman–Crippen LogP) is 2.71. The van der Waals surface area contributed by atoms with Crippen LogP contribution in [-0.4, -0.2) is 11.5 Å². The molecule has 0 fully saturated rings. The first-order chi connectivity index (χ1) is 5.95. The van der Waals surface area contributed by atoms with Gasteiger partial charge in [0.05, 0.1) is 0 Å². The summed E-state index contributed by atoms with van der Waals surface area (Å²) in [5.41, 5.74) is -0.0154. The summed E-state index contributed by atoms with van der Waals surface area (Å²) in [6, 6.07) is 0. The molecule has 1 N–H and O–H groups in total. The molecule has 1 heterocycles. The van der Waals surface area contributed by atoms with E-state index in [2.05, 4.69) is 31.1 Å². The second kappa shape index (κ2) is 3.40.